The molecule has 5 aromatic rings. The van der Waals surface area contributed by atoms with Crippen molar-refractivity contribution in [1.29, 1.82) is 0 Å². The summed E-state index contributed by atoms with van der Waals surface area (Å²) in [5, 5.41) is 1.27. The molecule has 2 heterocycles. The van der Waals surface area contributed by atoms with Gasteiger partial charge in [0.1, 0.15) is 65.1 Å². The normalized spacial score (nSPS) is 11.2. The summed E-state index contributed by atoms with van der Waals surface area (Å²) < 4.78 is 61.5. The van der Waals surface area contributed by atoms with E-state index in [4.69, 9.17) is 51.5 Å². The molecule has 14 nitrogen and oxygen atoms in total. The summed E-state index contributed by atoms with van der Waals surface area (Å²) in [5.41, 5.74) is 2.73. The molecule has 3 aromatic carbocycles. The van der Waals surface area contributed by atoms with Gasteiger partial charge in [0.05, 0.1) is 89.3 Å². The molecule has 14 heteroatoms. The SMILES string of the molecule is COCCOCCOCCOCCOC(=O)c1cc(COc2cc3occc3c(OC)c2C(C)=O)ccc1COc1cc2occc2c(OC)c1C(C)=O. The van der Waals surface area contributed by atoms with E-state index in [1.54, 1.807) is 49.6 Å². The fraction of sp³-hybridized carbons (Fsp3) is 0.375. The lowest BCUT2D eigenvalue weighted by Crippen LogP contribution is -2.16. The predicted octanol–water partition coefficient (Wildman–Crippen LogP) is 6.61. The van der Waals surface area contributed by atoms with E-state index < -0.39 is 5.97 Å². The van der Waals surface area contributed by atoms with Crippen LogP contribution in [0.3, 0.4) is 0 Å². The minimum absolute atomic E-state index is 0.0154. The number of Topliss-reactive ketones (excluding diaryl/α,β-unsaturated/α-hetero) is 2. The molecule has 0 saturated heterocycles. The Hall–Kier alpha value is -5.41. The summed E-state index contributed by atoms with van der Waals surface area (Å²) in [5.74, 6) is 0.00442. The highest BCUT2D eigenvalue weighted by Gasteiger charge is 2.24. The van der Waals surface area contributed by atoms with Crippen LogP contribution in [0.25, 0.3) is 21.9 Å². The zero-order chi connectivity index (χ0) is 38.5. The van der Waals surface area contributed by atoms with Crippen molar-refractivity contribution in [1.82, 2.24) is 0 Å². The van der Waals surface area contributed by atoms with Crippen molar-refractivity contribution in [3.63, 3.8) is 0 Å². The second-order valence-corrected chi connectivity index (χ2v) is 11.9. The molecule has 0 fully saturated rings. The van der Waals surface area contributed by atoms with E-state index >= 15 is 0 Å². The Balaban J connectivity index is 1.31. The van der Waals surface area contributed by atoms with Gasteiger partial charge in [-0.1, -0.05) is 12.1 Å². The predicted molar refractivity (Wildman–Crippen MR) is 195 cm³/mol. The number of carbonyl (C=O) groups excluding carboxylic acids is 3. The maximum absolute atomic E-state index is 13.6. The number of benzene rings is 3. The molecule has 0 aliphatic rings. The second kappa shape index (κ2) is 19.6. The van der Waals surface area contributed by atoms with Gasteiger partial charge in [-0.2, -0.15) is 0 Å². The Morgan fingerprint density at radius 1 is 0.593 bits per heavy atom. The third kappa shape index (κ3) is 9.76. The number of ether oxygens (including phenoxy) is 9. The molecule has 288 valence electrons. The number of methoxy groups -OCH3 is 3. The van der Waals surface area contributed by atoms with Gasteiger partial charge >= 0.3 is 5.97 Å². The highest BCUT2D eigenvalue weighted by atomic mass is 16.6. The largest absolute Gasteiger partial charge is 0.495 e. The highest BCUT2D eigenvalue weighted by Crippen LogP contribution is 2.40. The zero-order valence-electron chi connectivity index (χ0n) is 31.0. The van der Waals surface area contributed by atoms with Crippen LogP contribution in [-0.2, 0) is 36.9 Å². The Morgan fingerprint density at radius 2 is 1.09 bits per heavy atom. The molecular weight excluding hydrogens is 704 g/mol. The van der Waals surface area contributed by atoms with Crippen molar-refractivity contribution in [2.45, 2.75) is 27.1 Å². The van der Waals surface area contributed by atoms with Gasteiger partial charge in [0.2, 0.25) is 0 Å². The van der Waals surface area contributed by atoms with E-state index in [9.17, 15) is 14.4 Å². The lowest BCUT2D eigenvalue weighted by atomic mass is 10.0. The summed E-state index contributed by atoms with van der Waals surface area (Å²) >= 11 is 0. The van der Waals surface area contributed by atoms with Crippen molar-refractivity contribution < 1.29 is 65.8 Å². The minimum Gasteiger partial charge on any atom is -0.495 e. The van der Waals surface area contributed by atoms with Gasteiger partial charge in [-0.05, 0) is 37.6 Å². The van der Waals surface area contributed by atoms with Gasteiger partial charge in [-0.15, -0.1) is 0 Å². The van der Waals surface area contributed by atoms with Crippen LogP contribution >= 0.6 is 0 Å². The number of carbonyl (C=O) groups is 3. The Bertz CT molecular complexity index is 2040. The fourth-order valence-corrected chi connectivity index (χ4v) is 5.74. The first kappa shape index (κ1) is 39.8. The topological polar surface area (TPSA) is 161 Å². The van der Waals surface area contributed by atoms with Crippen molar-refractivity contribution >= 4 is 39.5 Å². The summed E-state index contributed by atoms with van der Waals surface area (Å²) in [7, 11) is 4.55. The summed E-state index contributed by atoms with van der Waals surface area (Å²) in [6, 6.07) is 11.8. The van der Waals surface area contributed by atoms with Gasteiger partial charge in [-0.3, -0.25) is 9.59 Å². The molecule has 0 N–H and O–H groups in total. The van der Waals surface area contributed by atoms with E-state index in [0.717, 1.165) is 0 Å². The van der Waals surface area contributed by atoms with Crippen LogP contribution in [0.4, 0.5) is 0 Å². The van der Waals surface area contributed by atoms with Crippen LogP contribution in [0.1, 0.15) is 56.0 Å². The van der Waals surface area contributed by atoms with Crippen molar-refractivity contribution in [2.24, 2.45) is 0 Å². The van der Waals surface area contributed by atoms with Crippen molar-refractivity contribution in [2.75, 3.05) is 74.2 Å². The quantitative estimate of drug-likeness (QED) is 0.0399. The van der Waals surface area contributed by atoms with Crippen LogP contribution in [-0.4, -0.2) is 91.7 Å². The number of fused-ring (bicyclic) bond motifs is 2. The molecule has 0 unspecified atom stereocenters. The number of ketones is 2. The maximum atomic E-state index is 13.6. The van der Waals surface area contributed by atoms with Crippen LogP contribution in [0.2, 0.25) is 0 Å². The molecule has 0 bridgehead atoms. The van der Waals surface area contributed by atoms with Crippen molar-refractivity contribution in [3.8, 4) is 23.0 Å². The number of hydrogen-bond donors (Lipinski definition) is 0. The number of hydrogen-bond acceptors (Lipinski definition) is 14. The second-order valence-electron chi connectivity index (χ2n) is 11.9. The lowest BCUT2D eigenvalue weighted by Gasteiger charge is -2.17. The molecule has 0 radical (unpaired) electrons. The smallest absolute Gasteiger partial charge is 0.338 e. The Labute approximate surface area is 312 Å². The summed E-state index contributed by atoms with van der Waals surface area (Å²) in [6.07, 6.45) is 3.00. The Morgan fingerprint density at radius 3 is 1.59 bits per heavy atom. The van der Waals surface area contributed by atoms with Gasteiger partial charge < -0.3 is 51.5 Å². The molecule has 0 atom stereocenters. The van der Waals surface area contributed by atoms with Gasteiger partial charge in [0.25, 0.3) is 0 Å². The monoisotopic (exact) mass is 748 g/mol. The van der Waals surface area contributed by atoms with Gasteiger partial charge in [0, 0.05) is 24.8 Å². The standard InChI is InChI=1S/C40H44O14/c1-25(41)36-34(21-32-29(8-10-50-32)38(36)45-4)53-23-27-6-7-28(24-54-35-22-33-30(9-11-51-33)39(46-5)37(35)26(2)42)31(20-27)40(43)52-19-18-49-17-16-48-15-14-47-13-12-44-3/h6-11,20-22H,12-19,23-24H2,1-5H3. The van der Waals surface area contributed by atoms with Crippen LogP contribution in [0.5, 0.6) is 23.0 Å². The first-order valence-electron chi connectivity index (χ1n) is 17.2. The van der Waals surface area contributed by atoms with E-state index in [1.165, 1.54) is 40.6 Å². The fourth-order valence-electron chi connectivity index (χ4n) is 5.74. The molecule has 0 amide bonds. The van der Waals surface area contributed by atoms with Crippen LogP contribution in [0.15, 0.2) is 63.8 Å². The average Bonchev–Trinajstić information content (AvgIpc) is 3.85. The third-order valence-electron chi connectivity index (χ3n) is 8.27. The molecule has 5 rings (SSSR count). The maximum Gasteiger partial charge on any atom is 0.338 e. The molecule has 0 aliphatic heterocycles. The van der Waals surface area contributed by atoms with E-state index in [2.05, 4.69) is 0 Å². The van der Waals surface area contributed by atoms with Gasteiger partial charge in [-0.25, -0.2) is 4.79 Å². The molecular formula is C40H44O14. The van der Waals surface area contributed by atoms with Crippen LogP contribution in [0, 0.1) is 0 Å². The number of esters is 1. The first-order chi connectivity index (χ1) is 26.3. The van der Waals surface area contributed by atoms with Crippen LogP contribution < -0.4 is 18.9 Å². The summed E-state index contributed by atoms with van der Waals surface area (Å²) in [4.78, 5) is 39.0. The minimum atomic E-state index is -0.627. The summed E-state index contributed by atoms with van der Waals surface area (Å²) in [6.45, 7) is 5.39. The van der Waals surface area contributed by atoms with E-state index in [1.807, 2.05) is 0 Å². The molecule has 0 saturated carbocycles. The highest BCUT2D eigenvalue weighted by molar-refractivity contribution is 6.06. The Kier molecular flexibility index (Phi) is 14.4. The molecule has 2 aromatic heterocycles. The molecule has 0 aliphatic carbocycles. The molecule has 0 spiro atoms. The first-order valence-corrected chi connectivity index (χ1v) is 17.2. The van der Waals surface area contributed by atoms with E-state index in [-0.39, 0.29) is 66.2 Å². The zero-order valence-corrected chi connectivity index (χ0v) is 31.0. The van der Waals surface area contributed by atoms with E-state index in [0.29, 0.717) is 84.2 Å². The van der Waals surface area contributed by atoms with Crippen molar-refractivity contribution in [3.05, 3.63) is 82.8 Å². The van der Waals surface area contributed by atoms with Gasteiger partial charge in [0.15, 0.2) is 11.6 Å². The number of rotatable bonds is 23. The number of furan rings is 2. The third-order valence-corrected chi connectivity index (χ3v) is 8.27. The molecule has 54 heavy (non-hydrogen) atoms. The lowest BCUT2D eigenvalue weighted by molar-refractivity contribution is -0.00555. The average molecular weight is 749 g/mol.